The zero-order chi connectivity index (χ0) is 86.3. The number of nitrogens with one attached hydrogen (secondary N) is 3. The van der Waals surface area contributed by atoms with E-state index in [0.717, 1.165) is 39.1 Å². The summed E-state index contributed by atoms with van der Waals surface area (Å²) in [6.45, 7) is 26.4. The number of aromatic carboxylic acids is 1. The summed E-state index contributed by atoms with van der Waals surface area (Å²) >= 11 is 0. The van der Waals surface area contributed by atoms with E-state index in [1.807, 2.05) is 39.8 Å². The fourth-order valence-electron chi connectivity index (χ4n) is 13.1. The monoisotopic (exact) mass is 1640 g/mol. The molecule has 3 amide bonds. The molecule has 0 radical (unpaired) electrons. The third-order valence-electron chi connectivity index (χ3n) is 20.0. The minimum atomic E-state index is -1.50. The molecule has 1 aliphatic heterocycles. The lowest BCUT2D eigenvalue weighted by atomic mass is 9.87. The maximum absolute atomic E-state index is 13.7. The van der Waals surface area contributed by atoms with Crippen molar-refractivity contribution < 1.29 is 81.4 Å². The number of carbonyl (C=O) groups excluding carboxylic acids is 7. The van der Waals surface area contributed by atoms with E-state index in [9.17, 15) is 66.8 Å². The first-order valence-corrected chi connectivity index (χ1v) is 38.4. The van der Waals surface area contributed by atoms with E-state index in [1.165, 1.54) is 36.4 Å². The predicted octanol–water partition coefficient (Wildman–Crippen LogP) is 15.9. The van der Waals surface area contributed by atoms with E-state index in [0.29, 0.717) is 98.8 Å². The Hall–Kier alpha value is -11.2. The van der Waals surface area contributed by atoms with Crippen molar-refractivity contribution in [2.24, 2.45) is 11.5 Å². The number of nitrogens with zero attached hydrogens (tertiary/aromatic N) is 3. The number of fused-ring (bicyclic) bond motifs is 3. The van der Waals surface area contributed by atoms with Gasteiger partial charge in [-0.15, -0.1) is 12.4 Å². The van der Waals surface area contributed by atoms with Crippen LogP contribution in [0.3, 0.4) is 0 Å². The summed E-state index contributed by atoms with van der Waals surface area (Å²) in [5.41, 5.74) is 17.2. The number of anilines is 1. The van der Waals surface area contributed by atoms with Crippen LogP contribution in [-0.4, -0.2) is 100 Å². The first-order valence-electron chi connectivity index (χ1n) is 38.4. The number of aromatic nitrogens is 3. The Morgan fingerprint density at radius 3 is 1.13 bits per heavy atom. The number of rotatable bonds is 21. The number of carboxylic acids is 1. The standard InChI is InChI=1S/C33H37FN2O5.C27H28FN3O3.C22H30FN3O3.C10H8O3.ClH/c1-31(2,3)41-30(39)36-32(4,5)24-18-27(20-9-11-25(34)12-10-20)35-29(19-24)33(6,40)14-13-28(38)22-8-7-21-16-26(37)17-23(21)15-22;1-26(2,29)19-14-22(16-4-7-20(28)8-5-16)30-24(15-19)27(3,34)11-10-23(32)17-6-9-21-18(12-17)13-25(33)31-21;1-20(2,3)29-19(27)26-21(4,5)15-11-17(14-7-9-16(23)10-8-14)25-18(12-15)22(6,28)13-24;11-9-4-6-1-2-7(10(12)13)3-8(6)5-9;/h7-12,15,18-19,40H,13-14,16-17H2,1-6H3,(H,36,39);4-9,12,14-15,34H,10-11,13,29H2,1-3H3,(H,31,33);7-12,28H,13,24H2,1-6H3,(H,26,27);1-3H,4-5H2,(H,12,13);1H. The third kappa shape index (κ3) is 24.9. The lowest BCUT2D eigenvalue weighted by Gasteiger charge is -2.31. The van der Waals surface area contributed by atoms with Crippen LogP contribution >= 0.6 is 12.4 Å². The second-order valence-electron chi connectivity index (χ2n) is 34.2. The van der Waals surface area contributed by atoms with Crippen LogP contribution in [0, 0.1) is 17.5 Å². The highest BCUT2D eigenvalue weighted by atomic mass is 35.5. The molecule has 0 fully saturated rings. The van der Waals surface area contributed by atoms with E-state index in [2.05, 4.69) is 25.9 Å². The minimum Gasteiger partial charge on any atom is -0.478 e. The molecule has 22 nitrogen and oxygen atoms in total. The van der Waals surface area contributed by atoms with Crippen molar-refractivity contribution >= 4 is 65.3 Å². The van der Waals surface area contributed by atoms with Crippen molar-refractivity contribution in [1.29, 1.82) is 0 Å². The number of halogens is 4. The molecule has 3 aliphatic rings. The summed E-state index contributed by atoms with van der Waals surface area (Å²) in [5, 5.41) is 50.7. The Balaban J connectivity index is 0.000000206. The molecule has 0 spiro atoms. The number of nitrogens with two attached hydrogens (primary N) is 2. The Labute approximate surface area is 691 Å². The number of benzene rings is 6. The second kappa shape index (κ2) is 36.8. The predicted molar refractivity (Wildman–Crippen MR) is 446 cm³/mol. The molecule has 0 saturated carbocycles. The Kier molecular flexibility index (Phi) is 28.8. The number of Topliss-reactive ketones (excluding diaryl/α,β-unsaturated/α-hetero) is 4. The topological polar surface area (TPSA) is 363 Å². The number of alkyl carbamates (subject to hydrolysis) is 2. The van der Waals surface area contributed by atoms with Crippen molar-refractivity contribution in [3.8, 4) is 33.8 Å². The molecule has 3 unspecified atom stereocenters. The van der Waals surface area contributed by atoms with Gasteiger partial charge in [0.1, 0.15) is 57.0 Å². The van der Waals surface area contributed by atoms with Gasteiger partial charge in [0.05, 0.1) is 57.2 Å². The molecule has 118 heavy (non-hydrogen) atoms. The van der Waals surface area contributed by atoms with Crippen molar-refractivity contribution in [3.05, 3.63) is 260 Å². The van der Waals surface area contributed by atoms with E-state index < -0.39 is 68.6 Å². The van der Waals surface area contributed by atoms with Crippen LogP contribution in [0.25, 0.3) is 33.8 Å². The number of hydrogen-bond acceptors (Lipinski definition) is 18. The van der Waals surface area contributed by atoms with Gasteiger partial charge in [-0.2, -0.15) is 0 Å². The van der Waals surface area contributed by atoms with Crippen molar-refractivity contribution in [2.45, 2.75) is 206 Å². The quantitative estimate of drug-likeness (QED) is 0.0302. The molecule has 2 aliphatic carbocycles. The SMILES string of the molecule is CC(C)(C)OC(=O)NC(C)(C)c1cc(-c2ccc(F)cc2)nc(C(C)(O)CCC(=O)c2ccc3c(c2)CC(=O)C3)c1.CC(C)(C)OC(=O)NC(C)(C)c1cc(-c2ccc(F)cc2)nc(C(C)(O)CN)c1.CC(C)(N)c1cc(-c2ccc(F)cc2)nc(C(C)(O)CCC(=O)c2ccc3c(c2)CC(=O)N3)c1.Cl.O=C1Cc2ccc(C(=O)O)cc2C1. The average molecular weight is 1640 g/mol. The smallest absolute Gasteiger partial charge is 0.408 e. The molecule has 3 atom stereocenters. The molecule has 3 aromatic heterocycles. The largest absolute Gasteiger partial charge is 0.478 e. The number of aliphatic hydroxyl groups is 3. The van der Waals surface area contributed by atoms with Crippen LogP contribution in [0.5, 0.6) is 0 Å². The van der Waals surface area contributed by atoms with Crippen molar-refractivity contribution in [3.63, 3.8) is 0 Å². The summed E-state index contributed by atoms with van der Waals surface area (Å²) in [4.78, 5) is 110. The molecule has 624 valence electrons. The highest BCUT2D eigenvalue weighted by Gasteiger charge is 2.36. The average Bonchev–Trinajstić information content (AvgIpc) is 1.16. The Morgan fingerprint density at radius 1 is 0.432 bits per heavy atom. The number of carboxylic acid groups (broad SMARTS) is 1. The molecular formula is C92H104ClF3N8O14. The zero-order valence-electron chi connectivity index (χ0n) is 69.1. The van der Waals surface area contributed by atoms with Crippen LogP contribution in [0.4, 0.5) is 28.4 Å². The highest BCUT2D eigenvalue weighted by Crippen LogP contribution is 2.38. The van der Waals surface area contributed by atoms with E-state index in [-0.39, 0.29) is 97.3 Å². The molecule has 9 aromatic rings. The Bertz CT molecular complexity index is 5260. The van der Waals surface area contributed by atoms with Crippen LogP contribution in [0.15, 0.2) is 164 Å². The first-order chi connectivity index (χ1) is 54.3. The summed E-state index contributed by atoms with van der Waals surface area (Å²) in [6, 6.07) is 43.6. The van der Waals surface area contributed by atoms with Gasteiger partial charge in [0.15, 0.2) is 11.6 Å². The van der Waals surface area contributed by atoms with E-state index in [4.69, 9.17) is 31.0 Å². The van der Waals surface area contributed by atoms with Gasteiger partial charge in [-0.25, -0.2) is 42.5 Å². The van der Waals surface area contributed by atoms with Gasteiger partial charge < -0.3 is 57.3 Å². The minimum absolute atomic E-state index is 0. The molecule has 12 rings (SSSR count). The number of ketones is 4. The molecule has 26 heteroatoms. The summed E-state index contributed by atoms with van der Waals surface area (Å²) in [7, 11) is 0. The fourth-order valence-corrected chi connectivity index (χ4v) is 13.1. The van der Waals surface area contributed by atoms with Crippen LogP contribution in [-0.2, 0) is 89.4 Å². The molecule has 11 N–H and O–H groups in total. The molecule has 0 saturated heterocycles. The van der Waals surface area contributed by atoms with E-state index in [1.54, 1.807) is 191 Å². The normalized spacial score (nSPS) is 14.5. The van der Waals surface area contributed by atoms with Crippen molar-refractivity contribution in [2.75, 3.05) is 11.9 Å². The fraction of sp³-hybridized carbons (Fsp3) is 0.359. The number of pyridine rings is 3. The molecular weight excluding hydrogens is 1530 g/mol. The maximum Gasteiger partial charge on any atom is 0.408 e. The summed E-state index contributed by atoms with van der Waals surface area (Å²) < 4.78 is 51.2. The number of ether oxygens (including phenoxy) is 2. The van der Waals surface area contributed by atoms with Crippen LogP contribution in [0.2, 0.25) is 0 Å². The Morgan fingerprint density at radius 2 is 0.763 bits per heavy atom. The van der Waals surface area contributed by atoms with Gasteiger partial charge in [-0.1, -0.05) is 18.2 Å². The second-order valence-corrected chi connectivity index (χ2v) is 34.2. The van der Waals surface area contributed by atoms with Gasteiger partial charge in [-0.3, -0.25) is 24.0 Å². The highest BCUT2D eigenvalue weighted by molar-refractivity contribution is 6.02. The number of hydrogen-bond donors (Lipinski definition) is 9. The van der Waals surface area contributed by atoms with Crippen LogP contribution < -0.4 is 27.4 Å². The zero-order valence-corrected chi connectivity index (χ0v) is 69.9. The van der Waals surface area contributed by atoms with Crippen LogP contribution in [0.1, 0.15) is 222 Å². The third-order valence-corrected chi connectivity index (χ3v) is 20.0. The van der Waals surface area contributed by atoms with E-state index >= 15 is 0 Å². The number of amides is 3. The molecule has 0 bridgehead atoms. The number of carbonyl (C=O) groups is 8. The molecule has 6 aromatic carbocycles. The summed E-state index contributed by atoms with van der Waals surface area (Å²) in [6.07, 6.45) is 1.05. The van der Waals surface area contributed by atoms with Gasteiger partial charge in [0.25, 0.3) is 0 Å². The molecule has 4 heterocycles. The van der Waals surface area contributed by atoms with Gasteiger partial charge in [0, 0.05) is 84.1 Å². The van der Waals surface area contributed by atoms with Crippen molar-refractivity contribution in [1.82, 2.24) is 25.6 Å². The van der Waals surface area contributed by atoms with Gasteiger partial charge >= 0.3 is 18.2 Å². The maximum atomic E-state index is 13.7. The first kappa shape index (κ1) is 92.3. The van der Waals surface area contributed by atoms with Gasteiger partial charge in [0.2, 0.25) is 5.91 Å². The lowest BCUT2D eigenvalue weighted by molar-refractivity contribution is -0.117. The lowest BCUT2D eigenvalue weighted by Crippen LogP contribution is -2.44. The van der Waals surface area contributed by atoms with Gasteiger partial charge in [-0.05, 0) is 307 Å². The summed E-state index contributed by atoms with van der Waals surface area (Å²) in [5.74, 6) is -2.10.